The fraction of sp³-hybridized carbons (Fsp3) is 0.114. The van der Waals surface area contributed by atoms with E-state index in [1.165, 1.54) is 27.8 Å². The SMILES string of the molecule is CCC1(C)c2ccccc2-c2ccc(-c3ccc(-c4nc(-c5ccccn5)nc(-c5ccccn5)n4)cc3)cc21. The van der Waals surface area contributed by atoms with Crippen LogP contribution in [-0.2, 0) is 5.41 Å². The van der Waals surface area contributed by atoms with Gasteiger partial charge in [-0.2, -0.15) is 0 Å². The predicted molar refractivity (Wildman–Crippen MR) is 159 cm³/mol. The van der Waals surface area contributed by atoms with Gasteiger partial charge in [0.25, 0.3) is 0 Å². The topological polar surface area (TPSA) is 64.5 Å². The molecule has 0 saturated carbocycles. The van der Waals surface area contributed by atoms with E-state index in [4.69, 9.17) is 9.97 Å². The van der Waals surface area contributed by atoms with Crippen LogP contribution in [0.2, 0.25) is 0 Å². The molecule has 1 aliphatic rings. The van der Waals surface area contributed by atoms with E-state index in [0.717, 1.165) is 17.5 Å². The average molecular weight is 518 g/mol. The van der Waals surface area contributed by atoms with Crippen molar-refractivity contribution in [2.24, 2.45) is 0 Å². The second-order valence-electron chi connectivity index (χ2n) is 10.3. The largest absolute Gasteiger partial charge is 0.253 e. The van der Waals surface area contributed by atoms with Gasteiger partial charge in [0, 0.05) is 23.4 Å². The summed E-state index contributed by atoms with van der Waals surface area (Å²) in [5.41, 5.74) is 10.2. The Kier molecular flexibility index (Phi) is 5.78. The minimum atomic E-state index is 0.0104. The zero-order valence-electron chi connectivity index (χ0n) is 22.4. The fourth-order valence-corrected chi connectivity index (χ4v) is 5.68. The van der Waals surface area contributed by atoms with Crippen LogP contribution in [0.5, 0.6) is 0 Å². The molecule has 7 rings (SSSR count). The van der Waals surface area contributed by atoms with Gasteiger partial charge in [-0.15, -0.1) is 0 Å². The van der Waals surface area contributed by atoms with Gasteiger partial charge >= 0.3 is 0 Å². The highest BCUT2D eigenvalue weighted by molar-refractivity contribution is 5.84. The lowest BCUT2D eigenvalue weighted by atomic mass is 9.77. The average Bonchev–Trinajstić information content (AvgIpc) is 3.30. The van der Waals surface area contributed by atoms with E-state index in [9.17, 15) is 0 Å². The highest BCUT2D eigenvalue weighted by Crippen LogP contribution is 2.51. The van der Waals surface area contributed by atoms with E-state index in [2.05, 4.69) is 95.5 Å². The molecule has 3 aromatic heterocycles. The van der Waals surface area contributed by atoms with Crippen molar-refractivity contribution in [2.45, 2.75) is 25.7 Å². The van der Waals surface area contributed by atoms with E-state index in [1.54, 1.807) is 12.4 Å². The van der Waals surface area contributed by atoms with Gasteiger partial charge in [-0.1, -0.05) is 86.6 Å². The van der Waals surface area contributed by atoms with Crippen LogP contribution >= 0.6 is 0 Å². The number of aromatic nitrogens is 5. The number of benzene rings is 3. The third-order valence-electron chi connectivity index (χ3n) is 8.03. The van der Waals surface area contributed by atoms with Crippen LogP contribution in [0, 0.1) is 0 Å². The molecule has 1 aliphatic carbocycles. The second-order valence-corrected chi connectivity index (χ2v) is 10.3. The Morgan fingerprint density at radius 3 is 1.70 bits per heavy atom. The van der Waals surface area contributed by atoms with Gasteiger partial charge in [0.15, 0.2) is 17.5 Å². The molecule has 0 bridgehead atoms. The Bertz CT molecular complexity index is 1770. The molecule has 0 aliphatic heterocycles. The molecule has 6 aromatic rings. The van der Waals surface area contributed by atoms with Gasteiger partial charge in [0.2, 0.25) is 0 Å². The van der Waals surface area contributed by atoms with Crippen molar-refractivity contribution in [3.05, 3.63) is 127 Å². The molecule has 40 heavy (non-hydrogen) atoms. The van der Waals surface area contributed by atoms with Crippen molar-refractivity contribution in [3.8, 4) is 56.7 Å². The lowest BCUT2D eigenvalue weighted by Gasteiger charge is -2.26. The molecule has 0 saturated heterocycles. The predicted octanol–water partition coefficient (Wildman–Crippen LogP) is 8.03. The molecule has 0 fully saturated rings. The number of rotatable bonds is 5. The van der Waals surface area contributed by atoms with Crippen LogP contribution < -0.4 is 0 Å². The van der Waals surface area contributed by atoms with Crippen molar-refractivity contribution in [1.82, 2.24) is 24.9 Å². The van der Waals surface area contributed by atoms with Crippen molar-refractivity contribution in [3.63, 3.8) is 0 Å². The Morgan fingerprint density at radius 2 is 1.07 bits per heavy atom. The van der Waals surface area contributed by atoms with E-state index in [-0.39, 0.29) is 5.41 Å². The lowest BCUT2D eigenvalue weighted by Crippen LogP contribution is -2.19. The Morgan fingerprint density at radius 1 is 0.525 bits per heavy atom. The number of nitrogens with zero attached hydrogens (tertiary/aromatic N) is 5. The summed E-state index contributed by atoms with van der Waals surface area (Å²) in [4.78, 5) is 23.2. The molecule has 0 N–H and O–H groups in total. The van der Waals surface area contributed by atoms with Gasteiger partial charge in [-0.05, 0) is 70.1 Å². The Balaban J connectivity index is 1.28. The van der Waals surface area contributed by atoms with Crippen LogP contribution in [0.15, 0.2) is 116 Å². The first-order valence-electron chi connectivity index (χ1n) is 13.6. The lowest BCUT2D eigenvalue weighted by molar-refractivity contribution is 0.565. The molecule has 0 spiro atoms. The van der Waals surface area contributed by atoms with Gasteiger partial charge in [-0.3, -0.25) is 9.97 Å². The maximum atomic E-state index is 4.79. The zero-order chi connectivity index (χ0) is 27.1. The standard InChI is InChI=1S/C35H27N5/c1-3-35(2)28-11-5-4-10-26(28)27-19-18-25(22-29(27)35)23-14-16-24(17-15-23)32-38-33(30-12-6-8-20-36-30)40-34(39-32)31-13-7-9-21-37-31/h4-22H,3H2,1-2H3. The minimum absolute atomic E-state index is 0.0104. The number of hydrogen-bond acceptors (Lipinski definition) is 5. The van der Waals surface area contributed by atoms with Crippen LogP contribution in [0.25, 0.3) is 56.7 Å². The summed E-state index contributed by atoms with van der Waals surface area (Å²) in [5, 5.41) is 0. The summed E-state index contributed by atoms with van der Waals surface area (Å²) in [5.74, 6) is 1.63. The van der Waals surface area contributed by atoms with Gasteiger partial charge in [-0.25, -0.2) is 15.0 Å². The second kappa shape index (κ2) is 9.62. The van der Waals surface area contributed by atoms with Crippen LogP contribution in [0.1, 0.15) is 31.4 Å². The van der Waals surface area contributed by atoms with Crippen LogP contribution in [0.3, 0.4) is 0 Å². The summed E-state index contributed by atoms with van der Waals surface area (Å²) in [6.45, 7) is 4.64. The van der Waals surface area contributed by atoms with E-state index in [0.29, 0.717) is 28.9 Å². The van der Waals surface area contributed by atoms with Crippen LogP contribution in [0.4, 0.5) is 0 Å². The molecule has 0 radical (unpaired) electrons. The van der Waals surface area contributed by atoms with Crippen LogP contribution in [-0.4, -0.2) is 24.9 Å². The quantitative estimate of drug-likeness (QED) is 0.232. The third-order valence-corrected chi connectivity index (χ3v) is 8.03. The molecule has 1 atom stereocenters. The first-order valence-corrected chi connectivity index (χ1v) is 13.6. The molecule has 192 valence electrons. The van der Waals surface area contributed by atoms with Gasteiger partial charge in [0.05, 0.1) is 0 Å². The summed E-state index contributed by atoms with van der Waals surface area (Å²) >= 11 is 0. The number of pyridine rings is 2. The van der Waals surface area contributed by atoms with E-state index < -0.39 is 0 Å². The maximum Gasteiger partial charge on any atom is 0.182 e. The molecule has 3 heterocycles. The monoisotopic (exact) mass is 517 g/mol. The van der Waals surface area contributed by atoms with E-state index in [1.807, 2.05) is 36.4 Å². The summed E-state index contributed by atoms with van der Waals surface area (Å²) < 4.78 is 0. The van der Waals surface area contributed by atoms with Crippen molar-refractivity contribution < 1.29 is 0 Å². The van der Waals surface area contributed by atoms with Crippen molar-refractivity contribution in [2.75, 3.05) is 0 Å². The minimum Gasteiger partial charge on any atom is -0.253 e. The molecule has 0 amide bonds. The zero-order valence-corrected chi connectivity index (χ0v) is 22.4. The molecular formula is C35H27N5. The fourth-order valence-electron chi connectivity index (χ4n) is 5.68. The highest BCUT2D eigenvalue weighted by atomic mass is 15.1. The maximum absolute atomic E-state index is 4.79. The highest BCUT2D eigenvalue weighted by Gasteiger charge is 2.37. The Hall–Kier alpha value is -5.03. The Labute approximate surface area is 233 Å². The molecule has 3 aromatic carbocycles. The normalized spacial score (nSPS) is 15.4. The molecule has 1 unspecified atom stereocenters. The number of hydrogen-bond donors (Lipinski definition) is 0. The van der Waals surface area contributed by atoms with Gasteiger partial charge in [0.1, 0.15) is 11.4 Å². The van der Waals surface area contributed by atoms with Crippen molar-refractivity contribution in [1.29, 1.82) is 0 Å². The molecule has 5 heteroatoms. The number of fused-ring (bicyclic) bond motifs is 3. The van der Waals surface area contributed by atoms with Crippen molar-refractivity contribution >= 4 is 0 Å². The first kappa shape index (κ1) is 24.0. The summed E-state index contributed by atoms with van der Waals surface area (Å²) in [7, 11) is 0. The third kappa shape index (κ3) is 3.98. The van der Waals surface area contributed by atoms with Gasteiger partial charge < -0.3 is 0 Å². The summed E-state index contributed by atoms with van der Waals surface area (Å²) in [6.07, 6.45) is 4.54. The smallest absolute Gasteiger partial charge is 0.182 e. The molecule has 5 nitrogen and oxygen atoms in total. The van der Waals surface area contributed by atoms with E-state index >= 15 is 0 Å². The molecular weight excluding hydrogens is 490 g/mol. The first-order chi connectivity index (χ1) is 19.6. The summed E-state index contributed by atoms with van der Waals surface area (Å²) in [6, 6.07) is 35.6.